The van der Waals surface area contributed by atoms with E-state index in [-0.39, 0.29) is 24.0 Å². The van der Waals surface area contributed by atoms with Gasteiger partial charge in [0.15, 0.2) is 5.78 Å². The fraction of sp³-hybridized carbons (Fsp3) is 0.444. The molecule has 0 radical (unpaired) electrons. The van der Waals surface area contributed by atoms with Crippen molar-refractivity contribution in [1.82, 2.24) is 10.3 Å². The van der Waals surface area contributed by atoms with Gasteiger partial charge in [0.05, 0.1) is 12.5 Å². The lowest BCUT2D eigenvalue weighted by Gasteiger charge is -2.22. The number of halogens is 1. The van der Waals surface area contributed by atoms with Crippen molar-refractivity contribution in [1.29, 1.82) is 0 Å². The summed E-state index contributed by atoms with van der Waals surface area (Å²) in [5.74, 6) is 0.0662. The molecule has 23 heavy (non-hydrogen) atoms. The van der Waals surface area contributed by atoms with Crippen LogP contribution >= 0.6 is 11.6 Å². The van der Waals surface area contributed by atoms with Crippen molar-refractivity contribution in [2.75, 3.05) is 0 Å². The lowest BCUT2D eigenvalue weighted by atomic mass is 9.94. The smallest absolute Gasteiger partial charge is 0.225 e. The first-order chi connectivity index (χ1) is 11.0. The van der Waals surface area contributed by atoms with Crippen LogP contribution in [0.5, 0.6) is 0 Å². The molecule has 4 nitrogen and oxygen atoms in total. The molecule has 2 aromatic rings. The summed E-state index contributed by atoms with van der Waals surface area (Å²) in [6, 6.07) is 5.13. The van der Waals surface area contributed by atoms with Crippen LogP contribution < -0.4 is 5.32 Å². The normalized spacial score (nSPS) is 13.7. The number of ketones is 1. The fourth-order valence-electron chi connectivity index (χ4n) is 2.69. The third-order valence-electron chi connectivity index (χ3n) is 4.31. The molecule has 0 aliphatic heterocycles. The number of benzene rings is 1. The number of nitrogens with one attached hydrogen (secondary N) is 2. The third-order valence-corrected chi connectivity index (χ3v) is 4.54. The van der Waals surface area contributed by atoms with E-state index in [0.29, 0.717) is 11.4 Å². The Morgan fingerprint density at radius 2 is 2.04 bits per heavy atom. The Morgan fingerprint density at radius 1 is 1.30 bits per heavy atom. The van der Waals surface area contributed by atoms with Crippen LogP contribution in [0.3, 0.4) is 0 Å². The minimum absolute atomic E-state index is 0.0784. The molecule has 1 aromatic carbocycles. The van der Waals surface area contributed by atoms with Gasteiger partial charge in [-0.2, -0.15) is 0 Å². The van der Waals surface area contributed by atoms with Gasteiger partial charge in [-0.15, -0.1) is 0 Å². The highest BCUT2D eigenvalue weighted by Crippen LogP contribution is 2.23. The minimum Gasteiger partial charge on any atom is -0.361 e. The predicted molar refractivity (Wildman–Crippen MR) is 93.7 cm³/mol. The predicted octanol–water partition coefficient (Wildman–Crippen LogP) is 3.87. The van der Waals surface area contributed by atoms with Crippen molar-refractivity contribution < 1.29 is 9.59 Å². The van der Waals surface area contributed by atoms with E-state index in [4.69, 9.17) is 11.6 Å². The van der Waals surface area contributed by atoms with Crippen molar-refractivity contribution in [2.24, 2.45) is 5.92 Å². The first kappa shape index (κ1) is 17.5. The van der Waals surface area contributed by atoms with Gasteiger partial charge >= 0.3 is 0 Å². The molecule has 0 aliphatic carbocycles. The molecular formula is C18H23ClN2O2. The molecule has 1 heterocycles. The molecule has 0 fully saturated rings. The van der Waals surface area contributed by atoms with E-state index in [2.05, 4.69) is 10.3 Å². The first-order valence-corrected chi connectivity index (χ1v) is 8.41. The summed E-state index contributed by atoms with van der Waals surface area (Å²) < 4.78 is 0. The monoisotopic (exact) mass is 334 g/mol. The number of hydrogen-bond donors (Lipinski definition) is 2. The molecule has 124 valence electrons. The van der Waals surface area contributed by atoms with Crippen LogP contribution in [-0.2, 0) is 16.0 Å². The summed E-state index contributed by atoms with van der Waals surface area (Å²) in [4.78, 5) is 27.6. The zero-order chi connectivity index (χ0) is 17.0. The molecule has 0 unspecified atom stereocenters. The second kappa shape index (κ2) is 7.64. The number of H-pyrrole nitrogens is 1. The number of amides is 1. The number of carbonyl (C=O) groups is 2. The number of hydrogen-bond acceptors (Lipinski definition) is 2. The van der Waals surface area contributed by atoms with Gasteiger partial charge < -0.3 is 10.3 Å². The van der Waals surface area contributed by atoms with Crippen molar-refractivity contribution in [3.63, 3.8) is 0 Å². The van der Waals surface area contributed by atoms with Crippen molar-refractivity contribution in [2.45, 2.75) is 46.1 Å². The Hall–Kier alpha value is -1.81. The highest BCUT2D eigenvalue weighted by atomic mass is 35.5. The van der Waals surface area contributed by atoms with Gasteiger partial charge in [0.1, 0.15) is 0 Å². The van der Waals surface area contributed by atoms with Gasteiger partial charge in [-0.1, -0.05) is 38.8 Å². The van der Waals surface area contributed by atoms with E-state index in [1.807, 2.05) is 45.2 Å². The van der Waals surface area contributed by atoms with Crippen LogP contribution in [0.15, 0.2) is 24.4 Å². The summed E-state index contributed by atoms with van der Waals surface area (Å²) in [6.07, 6.45) is 3.32. The summed E-state index contributed by atoms with van der Waals surface area (Å²) >= 11 is 6.03. The summed E-state index contributed by atoms with van der Waals surface area (Å²) in [5, 5.41) is 4.48. The average molecular weight is 335 g/mol. The van der Waals surface area contributed by atoms with Crippen LogP contribution in [0.1, 0.15) is 39.2 Å². The van der Waals surface area contributed by atoms with E-state index in [9.17, 15) is 9.59 Å². The Morgan fingerprint density at radius 3 is 2.70 bits per heavy atom. The second-order valence-corrected chi connectivity index (χ2v) is 6.37. The highest BCUT2D eigenvalue weighted by molar-refractivity contribution is 6.31. The second-order valence-electron chi connectivity index (χ2n) is 5.93. The third kappa shape index (κ3) is 4.14. The lowest BCUT2D eigenvalue weighted by molar-refractivity contribution is -0.128. The van der Waals surface area contributed by atoms with Crippen LogP contribution in [0.25, 0.3) is 10.9 Å². The molecule has 1 amide bonds. The molecule has 0 bridgehead atoms. The number of aromatic amines is 1. The van der Waals surface area contributed by atoms with Gasteiger partial charge in [0.2, 0.25) is 5.91 Å². The van der Waals surface area contributed by atoms with Crippen LogP contribution in [0, 0.1) is 5.92 Å². The van der Waals surface area contributed by atoms with E-state index < -0.39 is 6.04 Å². The van der Waals surface area contributed by atoms with Crippen LogP contribution in [0.2, 0.25) is 5.02 Å². The molecular weight excluding hydrogens is 312 g/mol. The summed E-state index contributed by atoms with van der Waals surface area (Å²) in [7, 11) is 0. The minimum atomic E-state index is -0.411. The molecule has 0 saturated heterocycles. The molecule has 0 spiro atoms. The average Bonchev–Trinajstić information content (AvgIpc) is 2.93. The number of Topliss-reactive ketones (excluding diaryl/α,β-unsaturated/α-hetero) is 1. The Balaban J connectivity index is 2.13. The van der Waals surface area contributed by atoms with Crippen molar-refractivity contribution in [3.8, 4) is 0 Å². The molecule has 5 heteroatoms. The first-order valence-electron chi connectivity index (χ1n) is 8.03. The largest absolute Gasteiger partial charge is 0.361 e. The molecule has 2 atom stereocenters. The summed E-state index contributed by atoms with van der Waals surface area (Å²) in [6.45, 7) is 5.84. The maximum absolute atomic E-state index is 12.4. The molecule has 2 N–H and O–H groups in total. The quantitative estimate of drug-likeness (QED) is 0.807. The zero-order valence-electron chi connectivity index (χ0n) is 13.8. The van der Waals surface area contributed by atoms with Gasteiger partial charge in [-0.05, 0) is 29.7 Å². The van der Waals surface area contributed by atoms with Gasteiger partial charge in [-0.25, -0.2) is 0 Å². The Bertz CT molecular complexity index is 708. The Kier molecular flexibility index (Phi) is 5.83. The standard InChI is InChI=1S/C18H23ClN2O2/c1-4-11(3)18(16(22)5-2)21-17(23)8-12-10-20-15-7-6-13(19)9-14(12)15/h6-7,9-11,18,20H,4-5,8H2,1-3H3,(H,21,23)/t11-,18-/m0/s1. The SMILES string of the molecule is CCC(=O)[C@@H](NC(=O)Cc1c[nH]c2ccc(Cl)cc12)[C@@H](C)CC. The van der Waals surface area contributed by atoms with Crippen LogP contribution in [-0.4, -0.2) is 22.7 Å². The van der Waals surface area contributed by atoms with Gasteiger partial charge in [0, 0.05) is 28.5 Å². The fourth-order valence-corrected chi connectivity index (χ4v) is 2.86. The number of carbonyl (C=O) groups excluding carboxylic acids is 2. The maximum Gasteiger partial charge on any atom is 0.225 e. The van der Waals surface area contributed by atoms with E-state index in [1.54, 1.807) is 0 Å². The summed E-state index contributed by atoms with van der Waals surface area (Å²) in [5.41, 5.74) is 1.83. The molecule has 0 saturated carbocycles. The number of rotatable bonds is 7. The van der Waals surface area contributed by atoms with E-state index in [0.717, 1.165) is 22.9 Å². The lowest BCUT2D eigenvalue weighted by Crippen LogP contribution is -2.45. The molecule has 0 aliphatic rings. The number of fused-ring (bicyclic) bond motifs is 1. The highest BCUT2D eigenvalue weighted by Gasteiger charge is 2.24. The number of aromatic nitrogens is 1. The molecule has 1 aromatic heterocycles. The maximum atomic E-state index is 12.4. The zero-order valence-corrected chi connectivity index (χ0v) is 14.5. The molecule has 2 rings (SSSR count). The van der Waals surface area contributed by atoms with Crippen molar-refractivity contribution in [3.05, 3.63) is 35.0 Å². The van der Waals surface area contributed by atoms with E-state index in [1.165, 1.54) is 0 Å². The van der Waals surface area contributed by atoms with Crippen LogP contribution in [0.4, 0.5) is 0 Å². The van der Waals surface area contributed by atoms with E-state index >= 15 is 0 Å². The Labute approximate surface area is 141 Å². The van der Waals surface area contributed by atoms with Gasteiger partial charge in [-0.3, -0.25) is 9.59 Å². The topological polar surface area (TPSA) is 62.0 Å². The van der Waals surface area contributed by atoms with Gasteiger partial charge in [0.25, 0.3) is 0 Å². The van der Waals surface area contributed by atoms with Crippen molar-refractivity contribution >= 4 is 34.2 Å².